The Balaban J connectivity index is 2.18. The molecule has 19 heavy (non-hydrogen) atoms. The molecule has 1 unspecified atom stereocenters. The number of halogens is 1. The van der Waals surface area contributed by atoms with E-state index in [1.807, 2.05) is 0 Å². The van der Waals surface area contributed by atoms with Crippen molar-refractivity contribution in [1.29, 1.82) is 0 Å². The number of likely N-dealkylation sites (tertiary alicyclic amines) is 1. The van der Waals surface area contributed by atoms with Crippen LogP contribution in [0.5, 0.6) is 0 Å². The van der Waals surface area contributed by atoms with Gasteiger partial charge in [-0.25, -0.2) is 4.39 Å². The number of benzene rings is 1. The number of aliphatic carboxylic acids is 1. The Hall–Kier alpha value is -1.91. The average molecular weight is 265 g/mol. The van der Waals surface area contributed by atoms with Gasteiger partial charge in [-0.2, -0.15) is 0 Å². The fraction of sp³-hybridized carbons (Fsp3) is 0.429. The van der Waals surface area contributed by atoms with Gasteiger partial charge in [-0.1, -0.05) is 6.07 Å². The van der Waals surface area contributed by atoms with E-state index in [0.717, 1.165) is 0 Å². The highest BCUT2D eigenvalue weighted by atomic mass is 19.1. The zero-order chi connectivity index (χ0) is 14.2. The molecule has 1 aliphatic heterocycles. The Morgan fingerprint density at radius 3 is 2.63 bits per heavy atom. The molecular weight excluding hydrogens is 249 g/mol. The molecule has 0 radical (unpaired) electrons. The molecule has 0 aromatic heterocycles. The van der Waals surface area contributed by atoms with Crippen molar-refractivity contribution in [3.05, 3.63) is 35.1 Å². The van der Waals surface area contributed by atoms with Crippen molar-refractivity contribution < 1.29 is 19.1 Å². The van der Waals surface area contributed by atoms with Crippen LogP contribution in [0.2, 0.25) is 0 Å². The lowest BCUT2D eigenvalue weighted by Gasteiger charge is -2.20. The lowest BCUT2D eigenvalue weighted by molar-refractivity contribution is -0.147. The highest BCUT2D eigenvalue weighted by molar-refractivity contribution is 5.95. The lowest BCUT2D eigenvalue weighted by atomic mass is 9.90. The quantitative estimate of drug-likeness (QED) is 0.890. The fourth-order valence-electron chi connectivity index (χ4n) is 2.22. The molecule has 5 heteroatoms. The second-order valence-corrected chi connectivity index (χ2v) is 5.31. The van der Waals surface area contributed by atoms with Crippen LogP contribution < -0.4 is 0 Å². The third-order valence-corrected chi connectivity index (χ3v) is 3.70. The van der Waals surface area contributed by atoms with Gasteiger partial charge < -0.3 is 10.0 Å². The second kappa shape index (κ2) is 4.64. The van der Waals surface area contributed by atoms with Gasteiger partial charge in [0.15, 0.2) is 0 Å². The Morgan fingerprint density at radius 2 is 2.11 bits per heavy atom. The standard InChI is InChI=1S/C14H16FNO3/c1-9-3-4-10(7-11(9)15)12(17)16-6-5-14(2,8-16)13(18)19/h3-4,7H,5-6,8H2,1-2H3,(H,18,19). The Morgan fingerprint density at radius 1 is 1.42 bits per heavy atom. The van der Waals surface area contributed by atoms with E-state index in [2.05, 4.69) is 0 Å². The molecule has 4 nitrogen and oxygen atoms in total. The number of carbonyl (C=O) groups excluding carboxylic acids is 1. The van der Waals surface area contributed by atoms with Gasteiger partial charge in [-0.05, 0) is 38.0 Å². The Kier molecular flexibility index (Phi) is 3.30. The van der Waals surface area contributed by atoms with E-state index >= 15 is 0 Å². The summed E-state index contributed by atoms with van der Waals surface area (Å²) in [6.45, 7) is 3.80. The SMILES string of the molecule is Cc1ccc(C(=O)N2CCC(C)(C(=O)O)C2)cc1F. The summed E-state index contributed by atoms with van der Waals surface area (Å²) in [5, 5.41) is 9.13. The molecule has 0 saturated carbocycles. The molecule has 1 atom stereocenters. The molecule has 1 saturated heterocycles. The smallest absolute Gasteiger partial charge is 0.311 e. The van der Waals surface area contributed by atoms with E-state index in [0.29, 0.717) is 18.5 Å². The summed E-state index contributed by atoms with van der Waals surface area (Å²) in [6, 6.07) is 4.32. The average Bonchev–Trinajstić information content (AvgIpc) is 2.76. The van der Waals surface area contributed by atoms with Crippen LogP contribution in [0.15, 0.2) is 18.2 Å². The molecule has 1 amide bonds. The highest BCUT2D eigenvalue weighted by Crippen LogP contribution is 2.31. The third kappa shape index (κ3) is 2.45. The van der Waals surface area contributed by atoms with Gasteiger partial charge in [-0.15, -0.1) is 0 Å². The highest BCUT2D eigenvalue weighted by Gasteiger charge is 2.42. The van der Waals surface area contributed by atoms with Gasteiger partial charge in [0.1, 0.15) is 5.82 Å². The van der Waals surface area contributed by atoms with Crippen LogP contribution in [0.4, 0.5) is 4.39 Å². The Bertz CT molecular complexity index is 543. The van der Waals surface area contributed by atoms with Crippen molar-refractivity contribution in [3.63, 3.8) is 0 Å². The van der Waals surface area contributed by atoms with Crippen molar-refractivity contribution in [1.82, 2.24) is 4.90 Å². The maximum Gasteiger partial charge on any atom is 0.311 e. The van der Waals surface area contributed by atoms with Crippen molar-refractivity contribution in [2.45, 2.75) is 20.3 Å². The molecule has 0 aliphatic carbocycles. The summed E-state index contributed by atoms with van der Waals surface area (Å²) in [7, 11) is 0. The molecule has 102 valence electrons. The van der Waals surface area contributed by atoms with Gasteiger partial charge in [0.2, 0.25) is 0 Å². The number of carboxylic acids is 1. The first-order valence-electron chi connectivity index (χ1n) is 6.12. The summed E-state index contributed by atoms with van der Waals surface area (Å²) in [5.41, 5.74) is -0.162. The number of amides is 1. The van der Waals surface area contributed by atoms with Crippen LogP contribution in [-0.2, 0) is 4.79 Å². The zero-order valence-corrected chi connectivity index (χ0v) is 10.9. The first-order chi connectivity index (χ1) is 8.83. The molecule has 0 bridgehead atoms. The van der Waals surface area contributed by atoms with Gasteiger partial charge in [0.05, 0.1) is 5.41 Å². The van der Waals surface area contributed by atoms with Gasteiger partial charge >= 0.3 is 5.97 Å². The van der Waals surface area contributed by atoms with Crippen LogP contribution in [0.3, 0.4) is 0 Å². The van der Waals surface area contributed by atoms with Gasteiger partial charge in [-0.3, -0.25) is 9.59 Å². The predicted octanol–water partition coefficient (Wildman–Crippen LogP) is 2.07. The van der Waals surface area contributed by atoms with E-state index in [-0.39, 0.29) is 18.0 Å². The first-order valence-corrected chi connectivity index (χ1v) is 6.12. The number of aryl methyl sites for hydroxylation is 1. The van der Waals surface area contributed by atoms with Gasteiger partial charge in [0.25, 0.3) is 5.91 Å². The minimum atomic E-state index is -0.905. The number of carboxylic acid groups (broad SMARTS) is 1. The predicted molar refractivity (Wildman–Crippen MR) is 67.4 cm³/mol. The summed E-state index contributed by atoms with van der Waals surface area (Å²) in [4.78, 5) is 24.8. The topological polar surface area (TPSA) is 57.6 Å². The number of rotatable bonds is 2. The van der Waals surface area contributed by atoms with E-state index < -0.39 is 17.2 Å². The van der Waals surface area contributed by atoms with Crippen LogP contribution in [-0.4, -0.2) is 35.0 Å². The summed E-state index contributed by atoms with van der Waals surface area (Å²) >= 11 is 0. The van der Waals surface area contributed by atoms with Crippen LogP contribution in [0.25, 0.3) is 0 Å². The van der Waals surface area contributed by atoms with E-state index in [1.54, 1.807) is 26.0 Å². The normalized spacial score (nSPS) is 22.6. The van der Waals surface area contributed by atoms with Crippen LogP contribution in [0, 0.1) is 18.2 Å². The minimum Gasteiger partial charge on any atom is -0.481 e. The molecule has 1 aromatic carbocycles. The van der Waals surface area contributed by atoms with Crippen molar-refractivity contribution in [2.24, 2.45) is 5.41 Å². The number of nitrogens with zero attached hydrogens (tertiary/aromatic N) is 1. The number of carbonyl (C=O) groups is 2. The lowest BCUT2D eigenvalue weighted by Crippen LogP contribution is -2.34. The van der Waals surface area contributed by atoms with E-state index in [1.165, 1.54) is 11.0 Å². The largest absolute Gasteiger partial charge is 0.481 e. The molecule has 0 spiro atoms. The van der Waals surface area contributed by atoms with Crippen LogP contribution >= 0.6 is 0 Å². The summed E-state index contributed by atoms with van der Waals surface area (Å²) in [6.07, 6.45) is 0.419. The molecule has 1 aliphatic rings. The zero-order valence-electron chi connectivity index (χ0n) is 10.9. The van der Waals surface area contributed by atoms with E-state index in [9.17, 15) is 14.0 Å². The molecule has 1 aromatic rings. The molecular formula is C14H16FNO3. The fourth-order valence-corrected chi connectivity index (χ4v) is 2.22. The minimum absolute atomic E-state index is 0.163. The monoisotopic (exact) mass is 265 g/mol. The molecule has 1 heterocycles. The number of hydrogen-bond acceptors (Lipinski definition) is 2. The molecule has 1 N–H and O–H groups in total. The van der Waals surface area contributed by atoms with Crippen LogP contribution in [0.1, 0.15) is 29.3 Å². The summed E-state index contributed by atoms with van der Waals surface area (Å²) in [5.74, 6) is -1.65. The van der Waals surface area contributed by atoms with Gasteiger partial charge in [0, 0.05) is 18.7 Å². The molecule has 2 rings (SSSR count). The third-order valence-electron chi connectivity index (χ3n) is 3.70. The summed E-state index contributed by atoms with van der Waals surface area (Å²) < 4.78 is 13.4. The van der Waals surface area contributed by atoms with Crippen molar-refractivity contribution in [3.8, 4) is 0 Å². The Labute approximate surface area is 110 Å². The second-order valence-electron chi connectivity index (χ2n) is 5.31. The maximum atomic E-state index is 13.4. The first kappa shape index (κ1) is 13.5. The van der Waals surface area contributed by atoms with Crippen molar-refractivity contribution in [2.75, 3.05) is 13.1 Å². The molecule has 1 fully saturated rings. The maximum absolute atomic E-state index is 13.4. The van der Waals surface area contributed by atoms with E-state index in [4.69, 9.17) is 5.11 Å². The van der Waals surface area contributed by atoms with Crippen molar-refractivity contribution >= 4 is 11.9 Å². The number of hydrogen-bond donors (Lipinski definition) is 1.